The van der Waals surface area contributed by atoms with Gasteiger partial charge in [0.15, 0.2) is 0 Å². The Morgan fingerprint density at radius 1 is 1.15 bits per heavy atom. The Kier molecular flexibility index (Phi) is 4.69. The van der Waals surface area contributed by atoms with E-state index in [9.17, 15) is 4.79 Å². The highest BCUT2D eigenvalue weighted by atomic mass is 16.2. The van der Waals surface area contributed by atoms with Crippen LogP contribution in [0.4, 0.5) is 5.69 Å². The number of aryl methyl sites for hydroxylation is 2. The Bertz CT molecular complexity index is 474. The van der Waals surface area contributed by atoms with Crippen molar-refractivity contribution in [1.29, 1.82) is 0 Å². The van der Waals surface area contributed by atoms with E-state index < -0.39 is 0 Å². The highest BCUT2D eigenvalue weighted by Gasteiger charge is 2.22. The van der Waals surface area contributed by atoms with Crippen LogP contribution in [0, 0.1) is 19.8 Å². The van der Waals surface area contributed by atoms with Gasteiger partial charge in [0.25, 0.3) is 0 Å². The summed E-state index contributed by atoms with van der Waals surface area (Å²) in [5.74, 6) is 0.750. The summed E-state index contributed by atoms with van der Waals surface area (Å²) < 4.78 is 0. The third-order valence-electron chi connectivity index (χ3n) is 3.91. The number of rotatable bonds is 3. The molecule has 0 saturated carbocycles. The number of amides is 1. The monoisotopic (exact) mass is 274 g/mol. The summed E-state index contributed by atoms with van der Waals surface area (Å²) in [6.07, 6.45) is 0.670. The summed E-state index contributed by atoms with van der Waals surface area (Å²) >= 11 is 0. The maximum atomic E-state index is 12.1. The molecule has 1 heterocycles. The van der Waals surface area contributed by atoms with Crippen LogP contribution in [-0.4, -0.2) is 37.0 Å². The van der Waals surface area contributed by atoms with Crippen molar-refractivity contribution >= 4 is 11.6 Å². The van der Waals surface area contributed by atoms with Crippen LogP contribution in [0.15, 0.2) is 18.2 Å². The molecule has 0 aliphatic carbocycles. The minimum atomic E-state index is 0.306. The zero-order valence-corrected chi connectivity index (χ0v) is 13.1. The number of carbonyl (C=O) groups excluding carboxylic acids is 1. The number of carbonyl (C=O) groups is 1. The molecule has 20 heavy (non-hydrogen) atoms. The van der Waals surface area contributed by atoms with E-state index in [1.165, 1.54) is 16.8 Å². The molecule has 1 amide bonds. The van der Waals surface area contributed by atoms with Gasteiger partial charge in [-0.3, -0.25) is 4.79 Å². The van der Waals surface area contributed by atoms with Gasteiger partial charge in [-0.05, 0) is 31.4 Å². The maximum Gasteiger partial charge on any atom is 0.222 e. The Morgan fingerprint density at radius 2 is 1.80 bits per heavy atom. The molecule has 0 spiro atoms. The van der Waals surface area contributed by atoms with E-state index in [0.29, 0.717) is 18.2 Å². The molecule has 0 aromatic heterocycles. The lowest BCUT2D eigenvalue weighted by molar-refractivity contribution is -0.132. The Hall–Kier alpha value is -1.51. The van der Waals surface area contributed by atoms with Gasteiger partial charge in [0.05, 0.1) is 0 Å². The first kappa shape index (κ1) is 14.9. The largest absolute Gasteiger partial charge is 0.368 e. The number of benzene rings is 1. The van der Waals surface area contributed by atoms with Crippen LogP contribution in [-0.2, 0) is 4.79 Å². The van der Waals surface area contributed by atoms with E-state index in [0.717, 1.165) is 26.2 Å². The first-order valence-corrected chi connectivity index (χ1v) is 7.57. The molecule has 0 radical (unpaired) electrons. The zero-order chi connectivity index (χ0) is 14.7. The Labute approximate surface area is 122 Å². The van der Waals surface area contributed by atoms with Crippen LogP contribution in [0.25, 0.3) is 0 Å². The molecule has 3 heteroatoms. The average molecular weight is 274 g/mol. The summed E-state index contributed by atoms with van der Waals surface area (Å²) in [7, 11) is 0. The predicted molar refractivity (Wildman–Crippen MR) is 84.2 cm³/mol. The fraction of sp³-hybridized carbons (Fsp3) is 0.588. The number of hydrogen-bond acceptors (Lipinski definition) is 2. The molecule has 3 nitrogen and oxygen atoms in total. The standard InChI is InChI=1S/C17H26N2O/c1-13(2)11-17(20)19-9-7-18(8-10-19)16-6-5-14(3)12-15(16)4/h5-6,12-13H,7-11H2,1-4H3. The number of piperazine rings is 1. The molecule has 110 valence electrons. The van der Waals surface area contributed by atoms with Gasteiger partial charge in [-0.2, -0.15) is 0 Å². The van der Waals surface area contributed by atoms with Crippen molar-refractivity contribution in [2.75, 3.05) is 31.1 Å². The molecule has 0 N–H and O–H groups in total. The third-order valence-corrected chi connectivity index (χ3v) is 3.91. The lowest BCUT2D eigenvalue weighted by atomic mass is 10.1. The van der Waals surface area contributed by atoms with Crippen molar-refractivity contribution in [2.45, 2.75) is 34.1 Å². The highest BCUT2D eigenvalue weighted by Crippen LogP contribution is 2.22. The molecular weight excluding hydrogens is 248 g/mol. The van der Waals surface area contributed by atoms with Crippen LogP contribution in [0.5, 0.6) is 0 Å². The van der Waals surface area contributed by atoms with Gasteiger partial charge < -0.3 is 9.80 Å². The zero-order valence-electron chi connectivity index (χ0n) is 13.1. The van der Waals surface area contributed by atoms with E-state index >= 15 is 0 Å². The molecule has 1 aliphatic rings. The molecule has 2 rings (SSSR count). The second kappa shape index (κ2) is 6.29. The van der Waals surface area contributed by atoms with Crippen LogP contribution in [0.3, 0.4) is 0 Å². The van der Waals surface area contributed by atoms with Crippen molar-refractivity contribution in [3.8, 4) is 0 Å². The first-order chi connectivity index (χ1) is 9.47. The topological polar surface area (TPSA) is 23.6 Å². The van der Waals surface area contributed by atoms with E-state index in [4.69, 9.17) is 0 Å². The lowest BCUT2D eigenvalue weighted by Crippen LogP contribution is -2.49. The predicted octanol–water partition coefficient (Wildman–Crippen LogP) is 3.00. The van der Waals surface area contributed by atoms with Gasteiger partial charge in [0.2, 0.25) is 5.91 Å². The SMILES string of the molecule is Cc1ccc(N2CCN(C(=O)CC(C)C)CC2)c(C)c1. The highest BCUT2D eigenvalue weighted by molar-refractivity contribution is 5.76. The normalized spacial score (nSPS) is 15.8. The minimum absolute atomic E-state index is 0.306. The fourth-order valence-electron chi connectivity index (χ4n) is 2.84. The van der Waals surface area contributed by atoms with Crippen LogP contribution >= 0.6 is 0 Å². The van der Waals surface area contributed by atoms with Gasteiger partial charge >= 0.3 is 0 Å². The minimum Gasteiger partial charge on any atom is -0.368 e. The lowest BCUT2D eigenvalue weighted by Gasteiger charge is -2.37. The van der Waals surface area contributed by atoms with Gasteiger partial charge in [-0.1, -0.05) is 31.5 Å². The molecule has 1 fully saturated rings. The summed E-state index contributed by atoms with van der Waals surface area (Å²) in [4.78, 5) is 16.5. The summed E-state index contributed by atoms with van der Waals surface area (Å²) in [6.45, 7) is 12.1. The van der Waals surface area contributed by atoms with Crippen LogP contribution < -0.4 is 4.90 Å². The second-order valence-electron chi connectivity index (χ2n) is 6.26. The number of anilines is 1. The number of hydrogen-bond donors (Lipinski definition) is 0. The van der Waals surface area contributed by atoms with Gasteiger partial charge in [-0.25, -0.2) is 0 Å². The van der Waals surface area contributed by atoms with E-state index in [-0.39, 0.29) is 0 Å². The van der Waals surface area contributed by atoms with E-state index in [2.05, 4.69) is 50.8 Å². The summed E-state index contributed by atoms with van der Waals surface area (Å²) in [5.41, 5.74) is 3.94. The van der Waals surface area contributed by atoms with E-state index in [1.54, 1.807) is 0 Å². The van der Waals surface area contributed by atoms with Crippen molar-refractivity contribution in [2.24, 2.45) is 5.92 Å². The molecule has 1 aromatic carbocycles. The summed E-state index contributed by atoms with van der Waals surface area (Å²) in [5, 5.41) is 0. The fourth-order valence-corrected chi connectivity index (χ4v) is 2.84. The van der Waals surface area contributed by atoms with Crippen molar-refractivity contribution < 1.29 is 4.79 Å². The van der Waals surface area contributed by atoms with Crippen LogP contribution in [0.2, 0.25) is 0 Å². The van der Waals surface area contributed by atoms with Crippen molar-refractivity contribution in [1.82, 2.24) is 4.90 Å². The molecule has 0 atom stereocenters. The number of nitrogens with zero attached hydrogens (tertiary/aromatic N) is 2. The Balaban J connectivity index is 1.95. The quantitative estimate of drug-likeness (QED) is 0.846. The van der Waals surface area contributed by atoms with Gasteiger partial charge in [0, 0.05) is 38.3 Å². The molecule has 1 aliphatic heterocycles. The van der Waals surface area contributed by atoms with Gasteiger partial charge in [0.1, 0.15) is 0 Å². The first-order valence-electron chi connectivity index (χ1n) is 7.57. The second-order valence-corrected chi connectivity index (χ2v) is 6.26. The molecule has 0 bridgehead atoms. The molecule has 1 saturated heterocycles. The van der Waals surface area contributed by atoms with Crippen LogP contribution in [0.1, 0.15) is 31.4 Å². The smallest absolute Gasteiger partial charge is 0.222 e. The van der Waals surface area contributed by atoms with Crippen molar-refractivity contribution in [3.05, 3.63) is 29.3 Å². The molecule has 0 unspecified atom stereocenters. The van der Waals surface area contributed by atoms with Gasteiger partial charge in [-0.15, -0.1) is 0 Å². The molecular formula is C17H26N2O. The van der Waals surface area contributed by atoms with Crippen molar-refractivity contribution in [3.63, 3.8) is 0 Å². The summed E-state index contributed by atoms with van der Waals surface area (Å²) in [6, 6.07) is 6.60. The molecule has 1 aromatic rings. The maximum absolute atomic E-state index is 12.1. The average Bonchev–Trinajstić information content (AvgIpc) is 2.38. The Morgan fingerprint density at radius 3 is 2.35 bits per heavy atom. The third kappa shape index (κ3) is 3.53. The van der Waals surface area contributed by atoms with E-state index in [1.807, 2.05) is 4.90 Å².